The van der Waals surface area contributed by atoms with Crippen molar-refractivity contribution in [3.05, 3.63) is 47.4 Å². The predicted molar refractivity (Wildman–Crippen MR) is 105 cm³/mol. The van der Waals surface area contributed by atoms with E-state index in [2.05, 4.69) is 15.8 Å². The Morgan fingerprint density at radius 3 is 2.56 bits per heavy atom. The number of sulfonamides is 1. The third-order valence-corrected chi connectivity index (χ3v) is 7.71. The molecule has 3 heterocycles. The van der Waals surface area contributed by atoms with E-state index in [4.69, 9.17) is 16.6 Å². The molecular weight excluding hydrogens is 386 g/mol. The molecule has 0 amide bonds. The summed E-state index contributed by atoms with van der Waals surface area (Å²) in [6, 6.07) is 7.54. The summed E-state index contributed by atoms with van der Waals surface area (Å²) in [5.74, 6) is 0.211. The van der Waals surface area contributed by atoms with Gasteiger partial charge < -0.3 is 0 Å². The smallest absolute Gasteiger partial charge is 0.219 e. The molecule has 1 aromatic carbocycles. The molecule has 0 spiro atoms. The van der Waals surface area contributed by atoms with Gasteiger partial charge in [0.05, 0.1) is 17.6 Å². The van der Waals surface area contributed by atoms with Gasteiger partial charge in [0.1, 0.15) is 5.25 Å². The fourth-order valence-corrected chi connectivity index (χ4v) is 5.56. The molecule has 1 aromatic heterocycles. The van der Waals surface area contributed by atoms with Gasteiger partial charge in [-0.25, -0.2) is 17.7 Å². The minimum Gasteiger partial charge on any atom is -0.261 e. The van der Waals surface area contributed by atoms with Crippen molar-refractivity contribution >= 4 is 21.6 Å². The minimum atomic E-state index is -3.27. The molecule has 0 saturated carbocycles. The largest absolute Gasteiger partial charge is 0.261 e. The zero-order chi connectivity index (χ0) is 18.9. The second-order valence-corrected chi connectivity index (χ2v) is 9.59. The standard InChI is InChI=1S/C18H22ClN5O2S/c19-15-3-1-2-14(8-15)18-12-20-11-17(23-18)13-4-6-24(7-5-13)27(25,26)16-9-21-22-10-16/h1-3,8,11-13,16,21-22H,4-7,9-10H2. The number of hydrogen-bond acceptors (Lipinski definition) is 6. The Morgan fingerprint density at radius 1 is 1.11 bits per heavy atom. The Hall–Kier alpha value is -1.58. The quantitative estimate of drug-likeness (QED) is 0.803. The average Bonchev–Trinajstić information content (AvgIpc) is 3.24. The van der Waals surface area contributed by atoms with Gasteiger partial charge in [0.2, 0.25) is 10.0 Å². The van der Waals surface area contributed by atoms with Crippen molar-refractivity contribution in [2.24, 2.45) is 0 Å². The first-order valence-corrected chi connectivity index (χ1v) is 10.9. The van der Waals surface area contributed by atoms with Gasteiger partial charge in [-0.3, -0.25) is 15.8 Å². The van der Waals surface area contributed by atoms with Gasteiger partial charge in [0, 0.05) is 48.9 Å². The van der Waals surface area contributed by atoms with E-state index < -0.39 is 10.0 Å². The van der Waals surface area contributed by atoms with Crippen LogP contribution in [-0.4, -0.2) is 54.1 Å². The first kappa shape index (κ1) is 18.8. The molecule has 2 aliphatic heterocycles. The molecule has 144 valence electrons. The summed E-state index contributed by atoms with van der Waals surface area (Å²) in [6.45, 7) is 1.95. The lowest BCUT2D eigenvalue weighted by molar-refractivity contribution is 0.314. The number of benzene rings is 1. The normalized spacial score (nSPS) is 20.2. The van der Waals surface area contributed by atoms with Crippen LogP contribution >= 0.6 is 11.6 Å². The van der Waals surface area contributed by atoms with Crippen molar-refractivity contribution in [2.75, 3.05) is 26.2 Å². The van der Waals surface area contributed by atoms with E-state index in [1.54, 1.807) is 16.7 Å². The zero-order valence-electron chi connectivity index (χ0n) is 14.8. The van der Waals surface area contributed by atoms with Crippen molar-refractivity contribution in [1.29, 1.82) is 0 Å². The molecule has 27 heavy (non-hydrogen) atoms. The fraction of sp³-hybridized carbons (Fsp3) is 0.444. The molecular formula is C18H22ClN5O2S. The highest BCUT2D eigenvalue weighted by Crippen LogP contribution is 2.30. The molecule has 0 bridgehead atoms. The van der Waals surface area contributed by atoms with Gasteiger partial charge in [0.25, 0.3) is 0 Å². The molecule has 0 unspecified atom stereocenters. The van der Waals surface area contributed by atoms with Crippen LogP contribution in [0.25, 0.3) is 11.3 Å². The van der Waals surface area contributed by atoms with E-state index >= 15 is 0 Å². The van der Waals surface area contributed by atoms with E-state index in [0.717, 1.165) is 29.8 Å². The zero-order valence-corrected chi connectivity index (χ0v) is 16.4. The topological polar surface area (TPSA) is 87.2 Å². The van der Waals surface area contributed by atoms with Gasteiger partial charge in [-0.05, 0) is 25.0 Å². The molecule has 4 rings (SSSR count). The number of piperidine rings is 1. The number of hydrazine groups is 1. The molecule has 2 aromatic rings. The molecule has 0 aliphatic carbocycles. The van der Waals surface area contributed by atoms with Crippen LogP contribution in [0.2, 0.25) is 5.02 Å². The summed E-state index contributed by atoms with van der Waals surface area (Å²) in [6.07, 6.45) is 5.02. The molecule has 9 heteroatoms. The number of halogens is 1. The summed E-state index contributed by atoms with van der Waals surface area (Å²) in [7, 11) is -3.27. The number of nitrogens with one attached hydrogen (secondary N) is 2. The van der Waals surface area contributed by atoms with Gasteiger partial charge in [-0.2, -0.15) is 0 Å². The highest BCUT2D eigenvalue weighted by Gasteiger charge is 2.36. The van der Waals surface area contributed by atoms with Gasteiger partial charge in [-0.15, -0.1) is 0 Å². The van der Waals surface area contributed by atoms with Crippen molar-refractivity contribution in [2.45, 2.75) is 24.0 Å². The van der Waals surface area contributed by atoms with E-state index in [1.807, 2.05) is 24.3 Å². The van der Waals surface area contributed by atoms with Crippen LogP contribution in [0.4, 0.5) is 0 Å². The summed E-state index contributed by atoms with van der Waals surface area (Å²) in [5, 5.41) is 0.272. The highest BCUT2D eigenvalue weighted by molar-refractivity contribution is 7.89. The third kappa shape index (κ3) is 4.00. The van der Waals surface area contributed by atoms with Crippen molar-refractivity contribution in [3.63, 3.8) is 0 Å². The van der Waals surface area contributed by atoms with Crippen LogP contribution in [0.1, 0.15) is 24.5 Å². The summed E-state index contributed by atoms with van der Waals surface area (Å²) >= 11 is 6.08. The van der Waals surface area contributed by atoms with Gasteiger partial charge in [0.15, 0.2) is 0 Å². The second-order valence-electron chi connectivity index (χ2n) is 6.94. The van der Waals surface area contributed by atoms with E-state index in [1.165, 1.54) is 0 Å². The maximum Gasteiger partial charge on any atom is 0.219 e. The predicted octanol–water partition coefficient (Wildman–Crippen LogP) is 1.78. The molecule has 2 N–H and O–H groups in total. The fourth-order valence-electron chi connectivity index (χ4n) is 3.64. The maximum absolute atomic E-state index is 12.7. The minimum absolute atomic E-state index is 0.211. The number of hydrogen-bond donors (Lipinski definition) is 2. The van der Waals surface area contributed by atoms with Crippen LogP contribution in [0.3, 0.4) is 0 Å². The average molecular weight is 408 g/mol. The first-order valence-electron chi connectivity index (χ1n) is 9.06. The molecule has 2 fully saturated rings. The lowest BCUT2D eigenvalue weighted by Crippen LogP contribution is -2.44. The molecule has 2 saturated heterocycles. The summed E-state index contributed by atoms with van der Waals surface area (Å²) in [4.78, 5) is 9.11. The lowest BCUT2D eigenvalue weighted by atomic mass is 9.95. The SMILES string of the molecule is O=S(=O)(C1CNNC1)N1CCC(c2cncc(-c3cccc(Cl)c3)n2)CC1. The van der Waals surface area contributed by atoms with Crippen LogP contribution in [-0.2, 0) is 10.0 Å². The second kappa shape index (κ2) is 7.81. The van der Waals surface area contributed by atoms with E-state index in [-0.39, 0.29) is 11.2 Å². The third-order valence-electron chi connectivity index (χ3n) is 5.21. The summed E-state index contributed by atoms with van der Waals surface area (Å²) < 4.78 is 27.0. The first-order chi connectivity index (χ1) is 13.0. The van der Waals surface area contributed by atoms with E-state index in [9.17, 15) is 8.42 Å². The Bertz CT molecular complexity index is 909. The molecule has 7 nitrogen and oxygen atoms in total. The molecule has 2 aliphatic rings. The number of nitrogens with zero attached hydrogens (tertiary/aromatic N) is 3. The van der Waals surface area contributed by atoms with Crippen LogP contribution in [0.5, 0.6) is 0 Å². The molecule has 0 radical (unpaired) electrons. The Labute approximate surface area is 164 Å². The van der Waals surface area contributed by atoms with Gasteiger partial charge in [-0.1, -0.05) is 23.7 Å². The van der Waals surface area contributed by atoms with Crippen LogP contribution < -0.4 is 10.9 Å². The number of aromatic nitrogens is 2. The highest BCUT2D eigenvalue weighted by atomic mass is 35.5. The van der Waals surface area contributed by atoms with E-state index in [0.29, 0.717) is 31.2 Å². The van der Waals surface area contributed by atoms with Crippen LogP contribution in [0.15, 0.2) is 36.7 Å². The summed E-state index contributed by atoms with van der Waals surface area (Å²) in [5.41, 5.74) is 8.41. The van der Waals surface area contributed by atoms with Crippen molar-refractivity contribution < 1.29 is 8.42 Å². The van der Waals surface area contributed by atoms with Crippen molar-refractivity contribution in [3.8, 4) is 11.3 Å². The van der Waals surface area contributed by atoms with Crippen molar-refractivity contribution in [1.82, 2.24) is 25.1 Å². The van der Waals surface area contributed by atoms with Crippen LogP contribution in [0, 0.1) is 0 Å². The monoisotopic (exact) mass is 407 g/mol. The number of rotatable bonds is 4. The molecule has 0 atom stereocenters. The Morgan fingerprint density at radius 2 is 1.85 bits per heavy atom. The lowest BCUT2D eigenvalue weighted by Gasteiger charge is -2.32. The maximum atomic E-state index is 12.7. The Balaban J connectivity index is 1.46. The Kier molecular flexibility index (Phi) is 5.43. The van der Waals surface area contributed by atoms with Gasteiger partial charge >= 0.3 is 0 Å².